The molecule has 0 heterocycles. The average Bonchev–Trinajstić information content (AvgIpc) is 2.55. The number of nitrogens with zero attached hydrogens (tertiary/aromatic N) is 1. The van der Waals surface area contributed by atoms with Gasteiger partial charge in [-0.05, 0) is 45.8 Å². The van der Waals surface area contributed by atoms with Crippen LogP contribution in [0.1, 0.15) is 15.9 Å². The molecule has 0 saturated heterocycles. The number of rotatable bonds is 4. The monoisotopic (exact) mass is 355 g/mol. The van der Waals surface area contributed by atoms with Crippen molar-refractivity contribution in [3.05, 3.63) is 69.7 Å². The molecule has 0 fully saturated rings. The number of ether oxygens (including phenoxy) is 1. The minimum Gasteiger partial charge on any atom is -0.421 e. The summed E-state index contributed by atoms with van der Waals surface area (Å²) in [6.45, 7) is 0. The molecule has 0 bridgehead atoms. The van der Waals surface area contributed by atoms with E-state index in [9.17, 15) is 9.59 Å². The third-order valence-electron chi connectivity index (χ3n) is 2.75. The number of nitriles is 1. The molecule has 0 aliphatic heterocycles. The SMILES string of the molecule is N#C/C(=C\c1ccccc1)C(=O)Oc1ccc(C=O)cc1Br. The molecule has 0 spiro atoms. The Labute approximate surface area is 135 Å². The van der Waals surface area contributed by atoms with Crippen LogP contribution in [0.3, 0.4) is 0 Å². The summed E-state index contributed by atoms with van der Waals surface area (Å²) in [6.07, 6.45) is 2.14. The van der Waals surface area contributed by atoms with Gasteiger partial charge in [-0.2, -0.15) is 5.26 Å². The Morgan fingerprint density at radius 1 is 1.14 bits per heavy atom. The second-order valence-electron chi connectivity index (χ2n) is 4.28. The maximum absolute atomic E-state index is 12.1. The number of esters is 1. The molecule has 2 aromatic carbocycles. The highest BCUT2D eigenvalue weighted by molar-refractivity contribution is 9.10. The predicted molar refractivity (Wildman–Crippen MR) is 85.2 cm³/mol. The molecule has 2 rings (SSSR count). The van der Waals surface area contributed by atoms with E-state index in [4.69, 9.17) is 10.00 Å². The fourth-order valence-electron chi connectivity index (χ4n) is 1.68. The first kappa shape index (κ1) is 15.7. The Morgan fingerprint density at radius 3 is 2.45 bits per heavy atom. The van der Waals surface area contributed by atoms with Crippen molar-refractivity contribution in [2.75, 3.05) is 0 Å². The van der Waals surface area contributed by atoms with E-state index < -0.39 is 5.97 Å². The lowest BCUT2D eigenvalue weighted by Crippen LogP contribution is -2.10. The van der Waals surface area contributed by atoms with Gasteiger partial charge in [0.2, 0.25) is 0 Å². The Balaban J connectivity index is 2.22. The number of aldehydes is 1. The van der Waals surface area contributed by atoms with Gasteiger partial charge >= 0.3 is 5.97 Å². The Bertz CT molecular complexity index is 776. The van der Waals surface area contributed by atoms with Crippen molar-refractivity contribution in [2.45, 2.75) is 0 Å². The van der Waals surface area contributed by atoms with Crippen LogP contribution in [0.25, 0.3) is 6.08 Å². The number of halogens is 1. The van der Waals surface area contributed by atoms with E-state index >= 15 is 0 Å². The van der Waals surface area contributed by atoms with E-state index in [-0.39, 0.29) is 11.3 Å². The summed E-state index contributed by atoms with van der Waals surface area (Å²) in [4.78, 5) is 22.7. The molecule has 0 N–H and O–H groups in total. The van der Waals surface area contributed by atoms with Crippen LogP contribution < -0.4 is 4.74 Å². The molecule has 0 atom stereocenters. The highest BCUT2D eigenvalue weighted by Gasteiger charge is 2.14. The maximum atomic E-state index is 12.1. The van der Waals surface area contributed by atoms with Crippen molar-refractivity contribution in [3.8, 4) is 11.8 Å². The summed E-state index contributed by atoms with van der Waals surface area (Å²) in [5.74, 6) is -0.518. The standard InChI is InChI=1S/C17H10BrNO3/c18-15-9-13(11-20)6-7-16(15)22-17(21)14(10-19)8-12-4-2-1-3-5-12/h1-9,11H/b14-8+. The smallest absolute Gasteiger partial charge is 0.354 e. The maximum Gasteiger partial charge on any atom is 0.354 e. The summed E-state index contributed by atoms with van der Waals surface area (Å²) in [6, 6.07) is 15.4. The molecule has 0 aromatic heterocycles. The molecule has 0 saturated carbocycles. The van der Waals surface area contributed by atoms with Gasteiger partial charge in [0.15, 0.2) is 0 Å². The zero-order valence-corrected chi connectivity index (χ0v) is 12.9. The van der Waals surface area contributed by atoms with E-state index in [0.29, 0.717) is 16.3 Å². The molecule has 0 aliphatic rings. The Morgan fingerprint density at radius 2 is 1.86 bits per heavy atom. The zero-order chi connectivity index (χ0) is 15.9. The van der Waals surface area contributed by atoms with Crippen LogP contribution in [0.5, 0.6) is 5.75 Å². The average molecular weight is 356 g/mol. The first-order chi connectivity index (χ1) is 10.6. The van der Waals surface area contributed by atoms with Crippen molar-refractivity contribution in [3.63, 3.8) is 0 Å². The topological polar surface area (TPSA) is 67.2 Å². The number of carbonyl (C=O) groups is 2. The lowest BCUT2D eigenvalue weighted by atomic mass is 10.1. The quantitative estimate of drug-likeness (QED) is 0.275. The van der Waals surface area contributed by atoms with Gasteiger partial charge in [-0.15, -0.1) is 0 Å². The van der Waals surface area contributed by atoms with Crippen molar-refractivity contribution >= 4 is 34.3 Å². The fourth-order valence-corrected chi connectivity index (χ4v) is 2.16. The van der Waals surface area contributed by atoms with Crippen LogP contribution in [0.15, 0.2) is 58.6 Å². The van der Waals surface area contributed by atoms with Crippen molar-refractivity contribution in [1.82, 2.24) is 0 Å². The lowest BCUT2D eigenvalue weighted by molar-refractivity contribution is -0.129. The Kier molecular flexibility index (Phi) is 5.23. The molecule has 4 nitrogen and oxygen atoms in total. The van der Waals surface area contributed by atoms with E-state index in [1.165, 1.54) is 24.3 Å². The van der Waals surface area contributed by atoms with Gasteiger partial charge in [-0.25, -0.2) is 4.79 Å². The van der Waals surface area contributed by atoms with Gasteiger partial charge in [0.1, 0.15) is 23.7 Å². The number of benzene rings is 2. The summed E-state index contributed by atoms with van der Waals surface area (Å²) < 4.78 is 5.64. The van der Waals surface area contributed by atoms with E-state index in [1.807, 2.05) is 12.1 Å². The molecular weight excluding hydrogens is 346 g/mol. The fraction of sp³-hybridized carbons (Fsp3) is 0. The largest absolute Gasteiger partial charge is 0.421 e. The second kappa shape index (κ2) is 7.34. The first-order valence-corrected chi connectivity index (χ1v) is 7.07. The third-order valence-corrected chi connectivity index (χ3v) is 3.37. The molecule has 0 unspecified atom stereocenters. The van der Waals surface area contributed by atoms with Crippen LogP contribution in [-0.4, -0.2) is 12.3 Å². The molecule has 108 valence electrons. The van der Waals surface area contributed by atoms with E-state index in [1.54, 1.807) is 24.3 Å². The van der Waals surface area contributed by atoms with Crippen LogP contribution in [-0.2, 0) is 4.79 Å². The van der Waals surface area contributed by atoms with Crippen LogP contribution in [0.4, 0.5) is 0 Å². The minimum absolute atomic E-state index is 0.113. The van der Waals surface area contributed by atoms with Crippen molar-refractivity contribution < 1.29 is 14.3 Å². The van der Waals surface area contributed by atoms with Crippen LogP contribution in [0.2, 0.25) is 0 Å². The molecule has 0 radical (unpaired) electrons. The van der Waals surface area contributed by atoms with Crippen LogP contribution >= 0.6 is 15.9 Å². The highest BCUT2D eigenvalue weighted by atomic mass is 79.9. The summed E-state index contributed by atoms with van der Waals surface area (Å²) in [7, 11) is 0. The number of carbonyl (C=O) groups excluding carboxylic acids is 2. The molecule has 22 heavy (non-hydrogen) atoms. The Hall–Kier alpha value is -2.71. The minimum atomic E-state index is -0.758. The van der Waals surface area contributed by atoms with Gasteiger partial charge in [-0.3, -0.25) is 4.79 Å². The molecule has 2 aromatic rings. The highest BCUT2D eigenvalue weighted by Crippen LogP contribution is 2.26. The van der Waals surface area contributed by atoms with Crippen molar-refractivity contribution in [1.29, 1.82) is 5.26 Å². The second-order valence-corrected chi connectivity index (χ2v) is 5.13. The number of hydrogen-bond donors (Lipinski definition) is 0. The first-order valence-electron chi connectivity index (χ1n) is 6.28. The summed E-state index contributed by atoms with van der Waals surface area (Å²) in [5.41, 5.74) is 1.07. The molecule has 0 aliphatic carbocycles. The van der Waals surface area contributed by atoms with Gasteiger partial charge in [-0.1, -0.05) is 30.3 Å². The van der Waals surface area contributed by atoms with E-state index in [2.05, 4.69) is 15.9 Å². The van der Waals surface area contributed by atoms with Gasteiger partial charge < -0.3 is 4.74 Å². The zero-order valence-electron chi connectivity index (χ0n) is 11.3. The molecule has 5 heteroatoms. The van der Waals surface area contributed by atoms with Gasteiger partial charge in [0.25, 0.3) is 0 Å². The molecule has 0 amide bonds. The summed E-state index contributed by atoms with van der Waals surface area (Å²) in [5, 5.41) is 9.11. The lowest BCUT2D eigenvalue weighted by Gasteiger charge is -2.06. The predicted octanol–water partition coefficient (Wildman–Crippen LogP) is 3.77. The van der Waals surface area contributed by atoms with Gasteiger partial charge in [0, 0.05) is 5.56 Å². The van der Waals surface area contributed by atoms with Crippen molar-refractivity contribution in [2.24, 2.45) is 0 Å². The third kappa shape index (κ3) is 3.90. The summed E-state index contributed by atoms with van der Waals surface area (Å²) >= 11 is 3.22. The van der Waals surface area contributed by atoms with Crippen LogP contribution in [0, 0.1) is 11.3 Å². The van der Waals surface area contributed by atoms with E-state index in [0.717, 1.165) is 5.56 Å². The van der Waals surface area contributed by atoms with Gasteiger partial charge in [0.05, 0.1) is 4.47 Å². The number of hydrogen-bond acceptors (Lipinski definition) is 4. The normalized spacial score (nSPS) is 10.6. The molecular formula is C17H10BrNO3.